The third kappa shape index (κ3) is 8.57. The molecule has 0 saturated heterocycles. The minimum atomic E-state index is -1.85. The quantitative estimate of drug-likeness (QED) is 0.236. The van der Waals surface area contributed by atoms with Crippen LogP contribution in [0.5, 0.6) is 5.75 Å². The number of nitrogens with zero attached hydrogens (tertiary/aromatic N) is 1. The van der Waals surface area contributed by atoms with Gasteiger partial charge in [0, 0.05) is 19.2 Å². The summed E-state index contributed by atoms with van der Waals surface area (Å²) in [5, 5.41) is 15.2. The van der Waals surface area contributed by atoms with Gasteiger partial charge in [-0.3, -0.25) is 19.2 Å². The average molecular weight is 545 g/mol. The molecule has 0 bridgehead atoms. The number of nitrogens with one attached hydrogen (secondary N) is 2. The molecule has 38 heavy (non-hydrogen) atoms. The van der Waals surface area contributed by atoms with Crippen molar-refractivity contribution in [2.45, 2.75) is 58.4 Å². The predicted molar refractivity (Wildman–Crippen MR) is 125 cm³/mol. The van der Waals surface area contributed by atoms with Gasteiger partial charge in [-0.2, -0.15) is 8.78 Å². The van der Waals surface area contributed by atoms with E-state index in [0.717, 1.165) is 4.57 Å². The molecular formula is C24H27F4N3O7. The molecule has 0 fully saturated rings. The Balaban J connectivity index is 2.22. The first-order valence-electron chi connectivity index (χ1n) is 11.2. The van der Waals surface area contributed by atoms with Crippen molar-refractivity contribution >= 4 is 23.5 Å². The van der Waals surface area contributed by atoms with Gasteiger partial charge in [0.1, 0.15) is 30.5 Å². The highest BCUT2D eigenvalue weighted by Crippen LogP contribution is 2.26. The van der Waals surface area contributed by atoms with Crippen molar-refractivity contribution in [3.8, 4) is 5.75 Å². The molecule has 0 spiro atoms. The minimum absolute atomic E-state index is 0.0254. The third-order valence-electron chi connectivity index (χ3n) is 4.73. The highest BCUT2D eigenvalue weighted by molar-refractivity contribution is 5.88. The lowest BCUT2D eigenvalue weighted by Gasteiger charge is -2.26. The highest BCUT2D eigenvalue weighted by Gasteiger charge is 2.29. The molecule has 0 radical (unpaired) electrons. The lowest BCUT2D eigenvalue weighted by Crippen LogP contribution is -2.49. The molecule has 1 heterocycles. The van der Waals surface area contributed by atoms with E-state index in [0.29, 0.717) is 0 Å². The second-order valence-corrected chi connectivity index (χ2v) is 9.18. The monoisotopic (exact) mass is 545 g/mol. The maximum atomic E-state index is 13.9. The number of carbonyl (C=O) groups is 3. The molecule has 0 aliphatic heterocycles. The van der Waals surface area contributed by atoms with Crippen molar-refractivity contribution in [2.24, 2.45) is 0 Å². The number of aromatic nitrogens is 1. The van der Waals surface area contributed by atoms with E-state index >= 15 is 0 Å². The van der Waals surface area contributed by atoms with E-state index in [1.54, 1.807) is 20.8 Å². The number of amides is 2. The predicted octanol–water partition coefficient (Wildman–Crippen LogP) is 2.02. The van der Waals surface area contributed by atoms with E-state index in [9.17, 15) is 41.8 Å². The van der Waals surface area contributed by atoms with E-state index in [1.807, 2.05) is 0 Å². The fourth-order valence-electron chi connectivity index (χ4n) is 3.16. The van der Waals surface area contributed by atoms with Gasteiger partial charge in [0.05, 0.1) is 12.5 Å². The number of hydrogen-bond acceptors (Lipinski definition) is 7. The van der Waals surface area contributed by atoms with Crippen molar-refractivity contribution in [1.29, 1.82) is 0 Å². The normalized spacial score (nSPS) is 12.9. The molecular weight excluding hydrogens is 518 g/mol. The van der Waals surface area contributed by atoms with Gasteiger partial charge in [0.25, 0.3) is 5.56 Å². The van der Waals surface area contributed by atoms with Crippen molar-refractivity contribution in [1.82, 2.24) is 9.88 Å². The first-order chi connectivity index (χ1) is 17.6. The lowest BCUT2D eigenvalue weighted by atomic mass is 10.1. The molecule has 3 N–H and O–H groups in total. The first kappa shape index (κ1) is 30.3. The number of rotatable bonds is 10. The van der Waals surface area contributed by atoms with Crippen LogP contribution in [0.15, 0.2) is 29.2 Å². The fourth-order valence-corrected chi connectivity index (χ4v) is 3.16. The summed E-state index contributed by atoms with van der Waals surface area (Å²) in [6, 6.07) is 1.21. The molecule has 1 aromatic heterocycles. The number of aliphatic hydroxyl groups is 1. The van der Waals surface area contributed by atoms with Crippen LogP contribution in [0.3, 0.4) is 0 Å². The molecule has 0 aliphatic carbocycles. The fraction of sp³-hybridized carbons (Fsp3) is 0.417. The third-order valence-corrected chi connectivity index (χ3v) is 4.73. The van der Waals surface area contributed by atoms with E-state index in [4.69, 9.17) is 9.47 Å². The number of halogens is 4. The zero-order chi connectivity index (χ0) is 28.8. The van der Waals surface area contributed by atoms with Crippen LogP contribution in [0.4, 0.5) is 23.2 Å². The Morgan fingerprint density at radius 2 is 1.71 bits per heavy atom. The number of benzene rings is 1. The summed E-state index contributed by atoms with van der Waals surface area (Å²) in [6.45, 7) is 4.28. The van der Waals surface area contributed by atoms with Crippen LogP contribution in [-0.2, 0) is 25.7 Å². The van der Waals surface area contributed by atoms with Crippen molar-refractivity contribution < 1.29 is 46.5 Å². The first-order valence-corrected chi connectivity index (χ1v) is 11.2. The largest absolute Gasteiger partial charge is 0.485 e. The Bertz CT molecular complexity index is 1230. The van der Waals surface area contributed by atoms with E-state index in [2.05, 4.69) is 10.6 Å². The second kappa shape index (κ2) is 12.5. The summed E-state index contributed by atoms with van der Waals surface area (Å²) >= 11 is 0. The summed E-state index contributed by atoms with van der Waals surface area (Å²) in [6.07, 6.45) is -1.23. The number of esters is 1. The van der Waals surface area contributed by atoms with Crippen LogP contribution < -0.4 is 20.9 Å². The molecule has 2 atom stereocenters. The van der Waals surface area contributed by atoms with Crippen LogP contribution >= 0.6 is 0 Å². The number of aliphatic hydroxyl groups excluding tert-OH is 1. The summed E-state index contributed by atoms with van der Waals surface area (Å²) in [5.74, 6) is -10.9. The zero-order valence-electron chi connectivity index (χ0n) is 20.9. The highest BCUT2D eigenvalue weighted by atomic mass is 19.2. The topological polar surface area (TPSA) is 136 Å². The van der Waals surface area contributed by atoms with Gasteiger partial charge in [0.15, 0.2) is 17.4 Å². The lowest BCUT2D eigenvalue weighted by molar-refractivity contribution is -0.156. The van der Waals surface area contributed by atoms with Gasteiger partial charge in [-0.1, -0.05) is 0 Å². The Kier molecular flexibility index (Phi) is 9.99. The Hall–Kier alpha value is -3.94. The van der Waals surface area contributed by atoms with Crippen LogP contribution in [0.25, 0.3) is 0 Å². The second-order valence-electron chi connectivity index (χ2n) is 9.18. The van der Waals surface area contributed by atoms with Crippen LogP contribution in [0, 0.1) is 23.3 Å². The summed E-state index contributed by atoms with van der Waals surface area (Å²) < 4.78 is 65.6. The van der Waals surface area contributed by atoms with Crippen molar-refractivity contribution in [3.05, 3.63) is 58.0 Å². The summed E-state index contributed by atoms with van der Waals surface area (Å²) in [4.78, 5) is 48.7. The number of anilines is 1. The van der Waals surface area contributed by atoms with Gasteiger partial charge in [-0.25, -0.2) is 8.78 Å². The maximum absolute atomic E-state index is 13.9. The Labute approximate surface area is 214 Å². The van der Waals surface area contributed by atoms with Crippen LogP contribution in [-0.4, -0.2) is 51.8 Å². The molecule has 14 heteroatoms. The number of pyridine rings is 1. The zero-order valence-corrected chi connectivity index (χ0v) is 20.9. The molecule has 10 nitrogen and oxygen atoms in total. The molecule has 0 saturated carbocycles. The molecule has 208 valence electrons. The van der Waals surface area contributed by atoms with Crippen molar-refractivity contribution in [2.75, 3.05) is 11.9 Å². The Morgan fingerprint density at radius 1 is 1.11 bits per heavy atom. The standard InChI is InChI=1S/C24H27F4N3O7/c1-12(32)29-15-6-5-7-31(23(15)36)10-18(34)30-16(9-19(35)38-24(2,3)4)17(33)11-37-22-20(27)13(25)8-14(26)21(22)28/h5-8,16-17,33H,9-11H2,1-4H3,(H,29,32)(H,30,34)/t16-,17?/m0/s1. The number of hydrogen-bond donors (Lipinski definition) is 3. The minimum Gasteiger partial charge on any atom is -0.485 e. The molecule has 2 aromatic rings. The SMILES string of the molecule is CC(=O)Nc1cccn(CC(=O)N[C@@H](CC(=O)OC(C)(C)C)C(O)COc2c(F)c(F)cc(F)c2F)c1=O. The molecule has 1 unspecified atom stereocenters. The van der Waals surface area contributed by atoms with Gasteiger partial charge in [-0.15, -0.1) is 0 Å². The van der Waals surface area contributed by atoms with Crippen LogP contribution in [0.1, 0.15) is 34.1 Å². The van der Waals surface area contributed by atoms with Crippen LogP contribution in [0.2, 0.25) is 0 Å². The van der Waals surface area contributed by atoms with Gasteiger partial charge in [0.2, 0.25) is 23.4 Å². The van der Waals surface area contributed by atoms with E-state index < -0.39 is 89.7 Å². The number of ether oxygens (including phenoxy) is 2. The average Bonchev–Trinajstić information content (AvgIpc) is 2.78. The number of carbonyl (C=O) groups excluding carboxylic acids is 3. The summed E-state index contributed by atoms with van der Waals surface area (Å²) in [5.41, 5.74) is -1.75. The Morgan fingerprint density at radius 3 is 2.26 bits per heavy atom. The molecule has 2 rings (SSSR count). The summed E-state index contributed by atoms with van der Waals surface area (Å²) in [7, 11) is 0. The van der Waals surface area contributed by atoms with Crippen molar-refractivity contribution in [3.63, 3.8) is 0 Å². The maximum Gasteiger partial charge on any atom is 0.308 e. The van der Waals surface area contributed by atoms with Gasteiger partial charge in [-0.05, 0) is 32.9 Å². The van der Waals surface area contributed by atoms with Gasteiger partial charge >= 0.3 is 5.97 Å². The molecule has 1 aromatic carbocycles. The molecule has 2 amide bonds. The van der Waals surface area contributed by atoms with E-state index in [1.165, 1.54) is 25.3 Å². The molecule has 0 aliphatic rings. The van der Waals surface area contributed by atoms with E-state index in [-0.39, 0.29) is 11.8 Å². The van der Waals surface area contributed by atoms with Gasteiger partial charge < -0.3 is 29.8 Å². The smallest absolute Gasteiger partial charge is 0.308 e.